The number of likely N-dealkylation sites (N-methyl/N-ethyl adjacent to an activating group) is 1. The molecule has 2 N–H and O–H groups in total. The van der Waals surface area contributed by atoms with Gasteiger partial charge in [0.1, 0.15) is 6.54 Å². The average molecular weight is 394 g/mol. The summed E-state index contributed by atoms with van der Waals surface area (Å²) in [4.78, 5) is 32.3. The van der Waals surface area contributed by atoms with Crippen molar-refractivity contribution >= 4 is 17.8 Å². The van der Waals surface area contributed by atoms with Crippen molar-refractivity contribution < 1.29 is 9.59 Å². The number of amides is 2. The molecule has 2 aliphatic rings. The smallest absolute Gasteiger partial charge is 0.243 e. The van der Waals surface area contributed by atoms with Crippen LogP contribution in [0.3, 0.4) is 0 Å². The van der Waals surface area contributed by atoms with Gasteiger partial charge in [0.25, 0.3) is 0 Å². The molecule has 2 atom stereocenters. The number of nitrogens with one attached hydrogen (secondary N) is 2. The summed E-state index contributed by atoms with van der Waals surface area (Å²) in [6.45, 7) is 7.89. The molecule has 160 valence electrons. The van der Waals surface area contributed by atoms with Gasteiger partial charge in [-0.25, -0.2) is 4.99 Å². The molecule has 28 heavy (non-hydrogen) atoms. The minimum absolute atomic E-state index is 0.00450. The van der Waals surface area contributed by atoms with E-state index in [1.54, 1.807) is 19.0 Å². The summed E-state index contributed by atoms with van der Waals surface area (Å²) in [7, 11) is 3.51. The van der Waals surface area contributed by atoms with Crippen LogP contribution in [0.15, 0.2) is 4.99 Å². The van der Waals surface area contributed by atoms with Crippen molar-refractivity contribution in [1.29, 1.82) is 0 Å². The highest BCUT2D eigenvalue weighted by molar-refractivity contribution is 5.85. The fourth-order valence-electron chi connectivity index (χ4n) is 3.93. The fourth-order valence-corrected chi connectivity index (χ4v) is 3.93. The van der Waals surface area contributed by atoms with Gasteiger partial charge < -0.3 is 20.4 Å². The summed E-state index contributed by atoms with van der Waals surface area (Å²) in [5.41, 5.74) is 0. The lowest BCUT2D eigenvalue weighted by molar-refractivity contribution is -0.135. The van der Waals surface area contributed by atoms with Crippen LogP contribution in [0, 0.1) is 11.8 Å². The van der Waals surface area contributed by atoms with Gasteiger partial charge in [-0.3, -0.25) is 9.59 Å². The Hall–Kier alpha value is -1.79. The highest BCUT2D eigenvalue weighted by Crippen LogP contribution is 2.23. The Labute approximate surface area is 170 Å². The lowest BCUT2D eigenvalue weighted by Crippen LogP contribution is -2.53. The first-order valence-electron chi connectivity index (χ1n) is 10.8. The van der Waals surface area contributed by atoms with Crippen LogP contribution in [0.25, 0.3) is 0 Å². The Morgan fingerprint density at radius 2 is 1.71 bits per heavy atom. The van der Waals surface area contributed by atoms with Gasteiger partial charge in [0.05, 0.1) is 0 Å². The van der Waals surface area contributed by atoms with Crippen LogP contribution in [0.4, 0.5) is 0 Å². The lowest BCUT2D eigenvalue weighted by atomic mass is 9.86. The Balaban J connectivity index is 1.96. The van der Waals surface area contributed by atoms with Gasteiger partial charge in [0.2, 0.25) is 11.8 Å². The Bertz CT molecular complexity index is 553. The van der Waals surface area contributed by atoms with Crippen LogP contribution in [0.2, 0.25) is 0 Å². The summed E-state index contributed by atoms with van der Waals surface area (Å²) in [5, 5.41) is 7.12. The third-order valence-corrected chi connectivity index (χ3v) is 5.95. The van der Waals surface area contributed by atoms with Gasteiger partial charge >= 0.3 is 0 Å². The average Bonchev–Trinajstić information content (AvgIpc) is 2.67. The van der Waals surface area contributed by atoms with Crippen molar-refractivity contribution in [3.63, 3.8) is 0 Å². The monoisotopic (exact) mass is 393 g/mol. The third-order valence-electron chi connectivity index (χ3n) is 5.95. The van der Waals surface area contributed by atoms with E-state index in [-0.39, 0.29) is 30.3 Å². The van der Waals surface area contributed by atoms with Gasteiger partial charge in [-0.15, -0.1) is 0 Å². The van der Waals surface area contributed by atoms with E-state index in [0.717, 1.165) is 38.3 Å². The van der Waals surface area contributed by atoms with Crippen LogP contribution < -0.4 is 10.6 Å². The second-order valence-electron chi connectivity index (χ2n) is 8.86. The number of aliphatic imine (C=N–C) groups is 1. The highest BCUT2D eigenvalue weighted by atomic mass is 16.2. The number of hydrogen-bond donors (Lipinski definition) is 2. The molecule has 0 aromatic heterocycles. The molecule has 1 aliphatic carbocycles. The van der Waals surface area contributed by atoms with Crippen LogP contribution in [0.1, 0.15) is 59.3 Å². The molecule has 1 saturated carbocycles. The largest absolute Gasteiger partial charge is 0.354 e. The summed E-state index contributed by atoms with van der Waals surface area (Å²) < 4.78 is 0. The molecule has 2 amide bonds. The van der Waals surface area contributed by atoms with Gasteiger partial charge in [0.15, 0.2) is 5.96 Å². The van der Waals surface area contributed by atoms with Gasteiger partial charge in [-0.1, -0.05) is 33.6 Å². The van der Waals surface area contributed by atoms with Crippen LogP contribution in [-0.4, -0.2) is 73.4 Å². The fraction of sp³-hybridized carbons (Fsp3) is 0.857. The summed E-state index contributed by atoms with van der Waals surface area (Å²) in [6, 6.07) is 0.674. The van der Waals surface area contributed by atoms with Gasteiger partial charge in [-0.2, -0.15) is 0 Å². The van der Waals surface area contributed by atoms with Crippen molar-refractivity contribution in [1.82, 2.24) is 20.4 Å². The molecular formula is C21H39N5O2. The predicted octanol–water partition coefficient (Wildman–Crippen LogP) is 1.84. The highest BCUT2D eigenvalue weighted by Gasteiger charge is 2.27. The Morgan fingerprint density at radius 3 is 2.29 bits per heavy atom. The number of carbonyl (C=O) groups is 2. The van der Waals surface area contributed by atoms with E-state index in [1.165, 1.54) is 19.3 Å². The van der Waals surface area contributed by atoms with Gasteiger partial charge in [-0.05, 0) is 31.6 Å². The number of rotatable bonds is 5. The maximum atomic E-state index is 12.2. The van der Waals surface area contributed by atoms with Crippen molar-refractivity contribution in [2.45, 2.75) is 71.4 Å². The van der Waals surface area contributed by atoms with E-state index in [0.29, 0.717) is 12.0 Å². The normalized spacial score (nSPS) is 24.2. The standard InChI is InChI=1S/C21H39N5O2/c1-15(2)20(28)26-12-10-17(11-13-26)23-21(22-14-19(27)25(4)5)24-18-9-7-6-8-16(18)3/h15-18H,6-14H2,1-5H3,(H2,22,23,24). The van der Waals surface area contributed by atoms with E-state index in [9.17, 15) is 9.59 Å². The predicted molar refractivity (Wildman–Crippen MR) is 113 cm³/mol. The van der Waals surface area contributed by atoms with E-state index in [4.69, 9.17) is 0 Å². The van der Waals surface area contributed by atoms with E-state index >= 15 is 0 Å². The minimum Gasteiger partial charge on any atom is -0.354 e. The quantitative estimate of drug-likeness (QED) is 0.552. The molecule has 0 spiro atoms. The molecule has 2 rings (SSSR count). The molecule has 1 aliphatic heterocycles. The molecule has 2 unspecified atom stereocenters. The number of piperidine rings is 1. The topological polar surface area (TPSA) is 77.0 Å². The SMILES string of the molecule is CC(C)C(=O)N1CCC(NC(=NCC(=O)N(C)C)NC2CCCCC2C)CC1. The summed E-state index contributed by atoms with van der Waals surface area (Å²) in [5.74, 6) is 1.62. The molecule has 1 saturated heterocycles. The summed E-state index contributed by atoms with van der Waals surface area (Å²) in [6.07, 6.45) is 6.71. The van der Waals surface area contributed by atoms with Gasteiger partial charge in [0, 0.05) is 45.2 Å². The number of hydrogen-bond acceptors (Lipinski definition) is 3. The van der Waals surface area contributed by atoms with E-state index in [2.05, 4.69) is 22.5 Å². The number of nitrogens with zero attached hydrogens (tertiary/aromatic N) is 3. The molecular weight excluding hydrogens is 354 g/mol. The van der Waals surface area contributed by atoms with Crippen molar-refractivity contribution in [3.05, 3.63) is 0 Å². The molecule has 0 radical (unpaired) electrons. The minimum atomic E-state index is -0.00450. The zero-order valence-electron chi connectivity index (χ0n) is 18.3. The molecule has 2 fully saturated rings. The van der Waals surface area contributed by atoms with E-state index in [1.807, 2.05) is 18.7 Å². The van der Waals surface area contributed by atoms with Crippen molar-refractivity contribution in [2.24, 2.45) is 16.8 Å². The molecule has 0 aromatic carbocycles. The number of guanidine groups is 1. The van der Waals surface area contributed by atoms with Crippen molar-refractivity contribution in [3.8, 4) is 0 Å². The molecule has 7 nitrogen and oxygen atoms in total. The molecule has 0 aromatic rings. The number of carbonyl (C=O) groups excluding carboxylic acids is 2. The first-order chi connectivity index (χ1) is 13.3. The zero-order valence-corrected chi connectivity index (χ0v) is 18.3. The van der Waals surface area contributed by atoms with Crippen LogP contribution in [-0.2, 0) is 9.59 Å². The molecule has 1 heterocycles. The molecule has 0 bridgehead atoms. The lowest BCUT2D eigenvalue weighted by Gasteiger charge is -2.36. The Kier molecular flexibility index (Phi) is 8.58. The van der Waals surface area contributed by atoms with Crippen LogP contribution >= 0.6 is 0 Å². The third kappa shape index (κ3) is 6.67. The second kappa shape index (κ2) is 10.7. The number of likely N-dealkylation sites (tertiary alicyclic amines) is 1. The first kappa shape index (κ1) is 22.5. The maximum absolute atomic E-state index is 12.2. The van der Waals surface area contributed by atoms with Crippen LogP contribution in [0.5, 0.6) is 0 Å². The summed E-state index contributed by atoms with van der Waals surface area (Å²) >= 11 is 0. The first-order valence-corrected chi connectivity index (χ1v) is 10.8. The Morgan fingerprint density at radius 1 is 1.07 bits per heavy atom. The maximum Gasteiger partial charge on any atom is 0.243 e. The molecule has 7 heteroatoms. The van der Waals surface area contributed by atoms with E-state index < -0.39 is 0 Å². The second-order valence-corrected chi connectivity index (χ2v) is 8.86. The van der Waals surface area contributed by atoms with Crippen molar-refractivity contribution in [2.75, 3.05) is 33.7 Å². The zero-order chi connectivity index (χ0) is 20.7.